The minimum Gasteiger partial charge on any atom is -0.393 e. The Hall–Kier alpha value is 0.350. The topological polar surface area (TPSA) is 66.4 Å². The smallest absolute Gasteiger partial charge is 0.221 e. The number of alkyl halides is 1. The van der Waals surface area contributed by atoms with E-state index in [2.05, 4.69) is 20.7 Å². The summed E-state index contributed by atoms with van der Waals surface area (Å²) in [6.45, 7) is 2.15. The summed E-state index contributed by atoms with van der Waals surface area (Å²) in [7, 11) is -3.17. The Morgan fingerprint density at radius 2 is 2.17 bits per heavy atom. The molecule has 0 amide bonds. The molecule has 0 saturated carbocycles. The first-order chi connectivity index (χ1) is 5.52. The van der Waals surface area contributed by atoms with Crippen molar-refractivity contribution >= 4 is 26.0 Å². The summed E-state index contributed by atoms with van der Waals surface area (Å²) in [6, 6.07) is 0. The number of nitrogens with one attached hydrogen (secondary N) is 1. The van der Waals surface area contributed by atoms with Crippen LogP contribution < -0.4 is 4.72 Å². The maximum Gasteiger partial charge on any atom is 0.221 e. The summed E-state index contributed by atoms with van der Waals surface area (Å²) in [5.41, 5.74) is 0. The van der Waals surface area contributed by atoms with Crippen molar-refractivity contribution in [2.24, 2.45) is 0 Å². The van der Waals surface area contributed by atoms with E-state index in [1.54, 1.807) is 0 Å². The number of hydrogen-bond acceptors (Lipinski definition) is 3. The molecule has 0 saturated heterocycles. The van der Waals surface area contributed by atoms with Crippen LogP contribution in [0.4, 0.5) is 0 Å². The third-order valence-corrected chi connectivity index (χ3v) is 4.15. The fourth-order valence-electron chi connectivity index (χ4n) is 0.624. The Labute approximate surface area is 81.5 Å². The van der Waals surface area contributed by atoms with Crippen LogP contribution in [-0.2, 0) is 10.0 Å². The maximum atomic E-state index is 10.8. The predicted molar refractivity (Wildman–Crippen MR) is 51.6 cm³/mol. The van der Waals surface area contributed by atoms with Gasteiger partial charge in [-0.05, 0) is 12.8 Å². The molecule has 0 aliphatic rings. The summed E-state index contributed by atoms with van der Waals surface area (Å²) in [5, 5.41) is 9.08. The molecular weight excluding hydrogens is 246 g/mol. The molecule has 0 aliphatic heterocycles. The summed E-state index contributed by atoms with van der Waals surface area (Å²) in [6.07, 6.45) is 0.696. The van der Waals surface area contributed by atoms with Crippen molar-refractivity contribution in [3.63, 3.8) is 0 Å². The second kappa shape index (κ2) is 5.90. The molecule has 1 unspecified atom stereocenters. The Morgan fingerprint density at radius 1 is 1.58 bits per heavy atom. The van der Waals surface area contributed by atoms with Gasteiger partial charge in [-0.3, -0.25) is 0 Å². The number of aliphatic hydroxyl groups excluding tert-OH is 1. The molecule has 0 aliphatic carbocycles. The van der Waals surface area contributed by atoms with Gasteiger partial charge in [0.2, 0.25) is 10.0 Å². The summed E-state index contributed by atoms with van der Waals surface area (Å²) < 4.78 is 23.9. The van der Waals surface area contributed by atoms with Gasteiger partial charge in [0.1, 0.15) is 4.66 Å². The lowest BCUT2D eigenvalue weighted by atomic mass is 10.2. The molecule has 6 heteroatoms. The van der Waals surface area contributed by atoms with E-state index in [1.165, 1.54) is 0 Å². The van der Waals surface area contributed by atoms with Crippen LogP contribution in [0.25, 0.3) is 0 Å². The predicted octanol–water partition coefficient (Wildman–Crippen LogP) is 0.419. The van der Waals surface area contributed by atoms with E-state index in [0.29, 0.717) is 19.4 Å². The Morgan fingerprint density at radius 3 is 2.58 bits per heavy atom. The molecule has 2 N–H and O–H groups in total. The van der Waals surface area contributed by atoms with Gasteiger partial charge in [0.05, 0.1) is 6.10 Å². The largest absolute Gasteiger partial charge is 0.393 e. The van der Waals surface area contributed by atoms with Crippen LogP contribution in [0.5, 0.6) is 0 Å². The average Bonchev–Trinajstić information content (AvgIpc) is 2.04. The molecule has 0 aromatic heterocycles. The van der Waals surface area contributed by atoms with Crippen molar-refractivity contribution in [3.8, 4) is 0 Å². The highest BCUT2D eigenvalue weighted by molar-refractivity contribution is 9.10. The highest BCUT2D eigenvalue weighted by Gasteiger charge is 2.07. The number of sulfonamides is 1. The SMILES string of the molecule is CCC(O)CCNS(=O)(=O)CBr. The van der Waals surface area contributed by atoms with E-state index in [0.717, 1.165) is 0 Å². The minimum atomic E-state index is -3.17. The van der Waals surface area contributed by atoms with Crippen molar-refractivity contribution in [3.05, 3.63) is 0 Å². The van der Waals surface area contributed by atoms with E-state index in [1.807, 2.05) is 6.92 Å². The second-order valence-electron chi connectivity index (χ2n) is 2.47. The fraction of sp³-hybridized carbons (Fsp3) is 1.00. The third-order valence-electron chi connectivity index (χ3n) is 1.41. The summed E-state index contributed by atoms with van der Waals surface area (Å²) >= 11 is 2.84. The number of aliphatic hydroxyl groups is 1. The molecule has 0 fully saturated rings. The lowest BCUT2D eigenvalue weighted by molar-refractivity contribution is 0.162. The van der Waals surface area contributed by atoms with Crippen molar-refractivity contribution in [1.82, 2.24) is 4.72 Å². The molecule has 0 aromatic rings. The summed E-state index contributed by atoms with van der Waals surface area (Å²) in [5.74, 6) is 0. The molecule has 74 valence electrons. The van der Waals surface area contributed by atoms with Crippen molar-refractivity contribution < 1.29 is 13.5 Å². The van der Waals surface area contributed by atoms with Crippen LogP contribution >= 0.6 is 15.9 Å². The normalized spacial score (nSPS) is 14.6. The monoisotopic (exact) mass is 259 g/mol. The van der Waals surface area contributed by atoms with Crippen molar-refractivity contribution in [2.45, 2.75) is 25.9 Å². The van der Waals surface area contributed by atoms with Gasteiger partial charge in [-0.2, -0.15) is 0 Å². The van der Waals surface area contributed by atoms with Gasteiger partial charge in [0.25, 0.3) is 0 Å². The first kappa shape index (κ1) is 12.3. The van der Waals surface area contributed by atoms with Crippen LogP contribution in [-0.4, -0.2) is 30.8 Å². The van der Waals surface area contributed by atoms with Gasteiger partial charge in [-0.1, -0.05) is 22.9 Å². The standard InChI is InChI=1S/C6H14BrNO3S/c1-2-6(9)3-4-8-12(10,11)5-7/h6,8-9H,2-5H2,1H3. The van der Waals surface area contributed by atoms with E-state index >= 15 is 0 Å². The van der Waals surface area contributed by atoms with Crippen LogP contribution in [0, 0.1) is 0 Å². The fourth-order valence-corrected chi connectivity index (χ4v) is 1.62. The average molecular weight is 260 g/mol. The van der Waals surface area contributed by atoms with Gasteiger partial charge in [0, 0.05) is 6.54 Å². The molecular formula is C6H14BrNO3S. The van der Waals surface area contributed by atoms with Gasteiger partial charge < -0.3 is 5.11 Å². The van der Waals surface area contributed by atoms with Gasteiger partial charge in [0.15, 0.2) is 0 Å². The first-order valence-electron chi connectivity index (χ1n) is 3.73. The lowest BCUT2D eigenvalue weighted by Gasteiger charge is -2.07. The molecule has 0 rings (SSSR count). The quantitative estimate of drug-likeness (QED) is 0.680. The minimum absolute atomic E-state index is 0.0950. The van der Waals surface area contributed by atoms with Crippen LogP contribution in [0.3, 0.4) is 0 Å². The molecule has 0 heterocycles. The first-order valence-corrected chi connectivity index (χ1v) is 6.50. The lowest BCUT2D eigenvalue weighted by Crippen LogP contribution is -2.27. The van der Waals surface area contributed by atoms with E-state index in [4.69, 9.17) is 5.11 Å². The zero-order chi connectivity index (χ0) is 9.61. The second-order valence-corrected chi connectivity index (χ2v) is 5.58. The van der Waals surface area contributed by atoms with Gasteiger partial charge >= 0.3 is 0 Å². The molecule has 1 atom stereocenters. The number of hydrogen-bond donors (Lipinski definition) is 2. The third kappa shape index (κ3) is 5.93. The zero-order valence-electron chi connectivity index (χ0n) is 6.96. The highest BCUT2D eigenvalue weighted by atomic mass is 79.9. The van der Waals surface area contributed by atoms with Gasteiger partial charge in [-0.25, -0.2) is 13.1 Å². The Balaban J connectivity index is 3.57. The highest BCUT2D eigenvalue weighted by Crippen LogP contribution is 1.96. The molecule has 0 radical (unpaired) electrons. The number of rotatable bonds is 6. The molecule has 0 bridgehead atoms. The molecule has 4 nitrogen and oxygen atoms in total. The maximum absolute atomic E-state index is 10.8. The molecule has 12 heavy (non-hydrogen) atoms. The van der Waals surface area contributed by atoms with Crippen molar-refractivity contribution in [1.29, 1.82) is 0 Å². The Kier molecular flexibility index (Phi) is 6.08. The van der Waals surface area contributed by atoms with Crippen LogP contribution in [0.15, 0.2) is 0 Å². The zero-order valence-corrected chi connectivity index (χ0v) is 9.36. The number of halogens is 1. The molecule has 0 aromatic carbocycles. The van der Waals surface area contributed by atoms with Crippen molar-refractivity contribution in [2.75, 3.05) is 11.2 Å². The summed E-state index contributed by atoms with van der Waals surface area (Å²) in [4.78, 5) is 0. The van der Waals surface area contributed by atoms with Gasteiger partial charge in [-0.15, -0.1) is 0 Å². The van der Waals surface area contributed by atoms with E-state index < -0.39 is 16.1 Å². The van der Waals surface area contributed by atoms with E-state index in [-0.39, 0.29) is 4.66 Å². The molecule has 0 spiro atoms. The van der Waals surface area contributed by atoms with E-state index in [9.17, 15) is 8.42 Å². The van der Waals surface area contributed by atoms with Crippen LogP contribution in [0.1, 0.15) is 19.8 Å². The Bertz CT molecular complexity index is 205. The van der Waals surface area contributed by atoms with Crippen LogP contribution in [0.2, 0.25) is 0 Å².